The van der Waals surface area contributed by atoms with Crippen LogP contribution < -0.4 is 4.74 Å². The van der Waals surface area contributed by atoms with Gasteiger partial charge in [0.1, 0.15) is 23.1 Å². The van der Waals surface area contributed by atoms with E-state index >= 15 is 0 Å². The van der Waals surface area contributed by atoms with Gasteiger partial charge in [0.2, 0.25) is 0 Å². The Morgan fingerprint density at radius 1 is 1.12 bits per heavy atom. The van der Waals surface area contributed by atoms with Gasteiger partial charge < -0.3 is 9.84 Å². The molecule has 3 rings (SSSR count). The van der Waals surface area contributed by atoms with E-state index in [4.69, 9.17) is 9.84 Å². The second-order valence-corrected chi connectivity index (χ2v) is 6.22. The van der Waals surface area contributed by atoms with Crippen LogP contribution >= 0.6 is 0 Å². The lowest BCUT2D eigenvalue weighted by Crippen LogP contribution is -2.30. The van der Waals surface area contributed by atoms with Crippen LogP contribution in [0.1, 0.15) is 24.8 Å². The average molecular weight is 347 g/mol. The molecule has 2 aromatic rings. The van der Waals surface area contributed by atoms with E-state index in [1.54, 1.807) is 12.1 Å². The molecule has 1 saturated heterocycles. The van der Waals surface area contributed by atoms with Crippen LogP contribution in [0.25, 0.3) is 0 Å². The highest BCUT2D eigenvalue weighted by Gasteiger charge is 2.26. The Morgan fingerprint density at radius 3 is 2.44 bits per heavy atom. The van der Waals surface area contributed by atoms with Crippen molar-refractivity contribution >= 4 is 5.97 Å². The van der Waals surface area contributed by atoms with Crippen molar-refractivity contribution in [3.8, 4) is 11.5 Å². The summed E-state index contributed by atoms with van der Waals surface area (Å²) < 4.78 is 31.8. The van der Waals surface area contributed by atoms with Gasteiger partial charge in [-0.2, -0.15) is 0 Å². The van der Waals surface area contributed by atoms with Gasteiger partial charge in [0, 0.05) is 30.8 Å². The molecule has 1 aliphatic rings. The van der Waals surface area contributed by atoms with Gasteiger partial charge in [-0.05, 0) is 37.1 Å². The molecule has 1 heterocycles. The number of carbonyl (C=O) groups is 1. The zero-order valence-electron chi connectivity index (χ0n) is 13.6. The van der Waals surface area contributed by atoms with Crippen LogP contribution in [0, 0.1) is 11.6 Å². The molecule has 0 bridgehead atoms. The van der Waals surface area contributed by atoms with Crippen molar-refractivity contribution in [1.82, 2.24) is 4.90 Å². The number of ether oxygens (including phenoxy) is 1. The number of likely N-dealkylation sites (tertiary alicyclic amines) is 1. The molecular weight excluding hydrogens is 328 g/mol. The highest BCUT2D eigenvalue weighted by atomic mass is 19.1. The van der Waals surface area contributed by atoms with Crippen LogP contribution in [0.4, 0.5) is 8.78 Å². The van der Waals surface area contributed by atoms with Crippen molar-refractivity contribution in [2.75, 3.05) is 6.54 Å². The van der Waals surface area contributed by atoms with E-state index in [0.717, 1.165) is 43.1 Å². The molecule has 1 fully saturated rings. The standard InChI is InChI=1S/C19H19F2NO3/c20-14-8-15(21)10-18(9-14)25-17-5-3-13(4-6-17)12-22-7-1-2-16(22)11-19(23)24/h3-6,8-10,16H,1-2,7,11-12H2,(H,23,24)/t16-/m1/s1. The van der Waals surface area contributed by atoms with Crippen LogP contribution in [0.15, 0.2) is 42.5 Å². The Bertz CT molecular complexity index is 729. The largest absolute Gasteiger partial charge is 0.481 e. The molecule has 0 aromatic heterocycles. The number of aliphatic carboxylic acids is 1. The molecule has 1 atom stereocenters. The lowest BCUT2D eigenvalue weighted by atomic mass is 10.1. The summed E-state index contributed by atoms with van der Waals surface area (Å²) in [5.41, 5.74) is 1.04. The predicted molar refractivity (Wildman–Crippen MR) is 88.6 cm³/mol. The Morgan fingerprint density at radius 2 is 1.80 bits per heavy atom. The fraction of sp³-hybridized carbons (Fsp3) is 0.316. The summed E-state index contributed by atoms with van der Waals surface area (Å²) in [5.74, 6) is -1.57. The van der Waals surface area contributed by atoms with Gasteiger partial charge in [0.05, 0.1) is 6.42 Å². The molecular formula is C19H19F2NO3. The minimum absolute atomic E-state index is 0.0729. The summed E-state index contributed by atoms with van der Waals surface area (Å²) in [4.78, 5) is 13.1. The molecule has 4 nitrogen and oxygen atoms in total. The van der Waals surface area contributed by atoms with Crippen molar-refractivity contribution in [1.29, 1.82) is 0 Å². The summed E-state index contributed by atoms with van der Waals surface area (Å²) in [6, 6.07) is 10.3. The summed E-state index contributed by atoms with van der Waals surface area (Å²) >= 11 is 0. The number of carboxylic acid groups (broad SMARTS) is 1. The Hall–Kier alpha value is -2.47. The first-order valence-corrected chi connectivity index (χ1v) is 8.18. The highest BCUT2D eigenvalue weighted by Crippen LogP contribution is 2.26. The number of benzene rings is 2. The second-order valence-electron chi connectivity index (χ2n) is 6.22. The SMILES string of the molecule is O=C(O)C[C@H]1CCCN1Cc1ccc(Oc2cc(F)cc(F)c2)cc1. The number of nitrogens with zero attached hydrogens (tertiary/aromatic N) is 1. The van der Waals surface area contributed by atoms with E-state index in [1.165, 1.54) is 0 Å². The van der Waals surface area contributed by atoms with E-state index < -0.39 is 17.6 Å². The average Bonchev–Trinajstić information content (AvgIpc) is 2.94. The predicted octanol–water partition coefficient (Wildman–Crippen LogP) is 4.20. The fourth-order valence-corrected chi connectivity index (χ4v) is 3.16. The van der Waals surface area contributed by atoms with Crippen LogP contribution in [0.5, 0.6) is 11.5 Å². The minimum atomic E-state index is -0.775. The van der Waals surface area contributed by atoms with Crippen molar-refractivity contribution in [3.05, 3.63) is 59.7 Å². The first kappa shape index (κ1) is 17.4. The van der Waals surface area contributed by atoms with Gasteiger partial charge in [0.25, 0.3) is 0 Å². The molecule has 6 heteroatoms. The number of rotatable bonds is 6. The first-order chi connectivity index (χ1) is 12.0. The Balaban J connectivity index is 1.63. The van der Waals surface area contributed by atoms with Gasteiger partial charge in [-0.1, -0.05) is 12.1 Å². The third-order valence-electron chi connectivity index (χ3n) is 4.29. The van der Waals surface area contributed by atoms with E-state index in [1.807, 2.05) is 12.1 Å². The van der Waals surface area contributed by atoms with Gasteiger partial charge in [0.15, 0.2) is 0 Å². The first-order valence-electron chi connectivity index (χ1n) is 8.18. The summed E-state index contributed by atoms with van der Waals surface area (Å²) in [6.07, 6.45) is 2.06. The third kappa shape index (κ3) is 4.76. The van der Waals surface area contributed by atoms with Crippen LogP contribution in [0.2, 0.25) is 0 Å². The molecule has 0 amide bonds. The summed E-state index contributed by atoms with van der Waals surface area (Å²) in [6.45, 7) is 1.56. The topological polar surface area (TPSA) is 49.8 Å². The number of carboxylic acids is 1. The normalized spacial score (nSPS) is 17.6. The van der Waals surface area contributed by atoms with Gasteiger partial charge >= 0.3 is 5.97 Å². The van der Waals surface area contributed by atoms with E-state index in [2.05, 4.69) is 4.90 Å². The van der Waals surface area contributed by atoms with Gasteiger partial charge in [-0.3, -0.25) is 9.69 Å². The van der Waals surface area contributed by atoms with E-state index in [-0.39, 0.29) is 18.2 Å². The maximum Gasteiger partial charge on any atom is 0.304 e. The van der Waals surface area contributed by atoms with Crippen molar-refractivity contribution < 1.29 is 23.4 Å². The van der Waals surface area contributed by atoms with E-state index in [0.29, 0.717) is 12.3 Å². The summed E-state index contributed by atoms with van der Waals surface area (Å²) in [7, 11) is 0. The smallest absolute Gasteiger partial charge is 0.304 e. The van der Waals surface area contributed by atoms with Crippen LogP contribution in [-0.2, 0) is 11.3 Å². The molecule has 0 aliphatic carbocycles. The maximum atomic E-state index is 13.2. The maximum absolute atomic E-state index is 13.2. The van der Waals surface area contributed by atoms with Crippen molar-refractivity contribution in [3.63, 3.8) is 0 Å². The molecule has 0 saturated carbocycles. The molecule has 25 heavy (non-hydrogen) atoms. The lowest BCUT2D eigenvalue weighted by molar-refractivity contribution is -0.138. The Kier molecular flexibility index (Phi) is 5.28. The van der Waals surface area contributed by atoms with Gasteiger partial charge in [-0.25, -0.2) is 8.78 Å². The molecule has 2 aromatic carbocycles. The lowest BCUT2D eigenvalue weighted by Gasteiger charge is -2.23. The van der Waals surface area contributed by atoms with E-state index in [9.17, 15) is 13.6 Å². The molecule has 1 N–H and O–H groups in total. The van der Waals surface area contributed by atoms with Crippen molar-refractivity contribution in [2.45, 2.75) is 31.8 Å². The number of hydrogen-bond donors (Lipinski definition) is 1. The second kappa shape index (κ2) is 7.61. The number of halogens is 2. The van der Waals surface area contributed by atoms with Crippen molar-refractivity contribution in [2.24, 2.45) is 0 Å². The molecule has 0 spiro atoms. The quantitative estimate of drug-likeness (QED) is 0.851. The zero-order chi connectivity index (χ0) is 17.8. The highest BCUT2D eigenvalue weighted by molar-refractivity contribution is 5.67. The van der Waals surface area contributed by atoms with Gasteiger partial charge in [-0.15, -0.1) is 0 Å². The molecule has 132 valence electrons. The molecule has 1 aliphatic heterocycles. The number of hydrogen-bond acceptors (Lipinski definition) is 3. The summed E-state index contributed by atoms with van der Waals surface area (Å²) in [5, 5.41) is 8.98. The minimum Gasteiger partial charge on any atom is -0.481 e. The molecule has 0 unspecified atom stereocenters. The fourth-order valence-electron chi connectivity index (χ4n) is 3.16. The van der Waals surface area contributed by atoms with Crippen LogP contribution in [0.3, 0.4) is 0 Å². The third-order valence-corrected chi connectivity index (χ3v) is 4.29. The molecule has 0 radical (unpaired) electrons. The zero-order valence-corrected chi connectivity index (χ0v) is 13.6. The van der Waals surface area contributed by atoms with Crippen LogP contribution in [-0.4, -0.2) is 28.6 Å². The monoisotopic (exact) mass is 347 g/mol. The Labute approximate surface area is 144 Å².